The van der Waals surface area contributed by atoms with Crippen molar-refractivity contribution in [3.05, 3.63) is 23.5 Å². The summed E-state index contributed by atoms with van der Waals surface area (Å²) >= 11 is 0. The smallest absolute Gasteiger partial charge is 0.162 e. The van der Waals surface area contributed by atoms with Gasteiger partial charge >= 0.3 is 0 Å². The number of rotatable bonds is 2. The standard InChI is InChI=1S/C9H10FNO2/c1-5(12)7-3-6(13-2)4-8(11)9(7)10/h3-4H,11H2,1-2H3. The minimum atomic E-state index is -0.687. The first kappa shape index (κ1) is 9.51. The van der Waals surface area contributed by atoms with Gasteiger partial charge in [-0.25, -0.2) is 4.39 Å². The molecular weight excluding hydrogens is 173 g/mol. The van der Waals surface area contributed by atoms with Crippen LogP contribution in [0.3, 0.4) is 0 Å². The monoisotopic (exact) mass is 183 g/mol. The fourth-order valence-electron chi connectivity index (χ4n) is 0.993. The molecular formula is C9H10FNO2. The van der Waals surface area contributed by atoms with E-state index in [4.69, 9.17) is 10.5 Å². The predicted molar refractivity (Wildman–Crippen MR) is 47.4 cm³/mol. The van der Waals surface area contributed by atoms with E-state index in [1.807, 2.05) is 0 Å². The number of hydrogen-bond acceptors (Lipinski definition) is 3. The van der Waals surface area contributed by atoms with Crippen LogP contribution in [0.2, 0.25) is 0 Å². The Morgan fingerprint density at radius 1 is 1.54 bits per heavy atom. The summed E-state index contributed by atoms with van der Waals surface area (Å²) < 4.78 is 18.0. The van der Waals surface area contributed by atoms with E-state index < -0.39 is 5.82 Å². The van der Waals surface area contributed by atoms with Crippen LogP contribution in [-0.2, 0) is 0 Å². The van der Waals surface area contributed by atoms with Gasteiger partial charge in [-0.2, -0.15) is 0 Å². The lowest BCUT2D eigenvalue weighted by Gasteiger charge is -2.05. The normalized spacial score (nSPS) is 9.77. The number of halogens is 1. The molecule has 0 aliphatic rings. The Kier molecular flexibility index (Phi) is 2.51. The summed E-state index contributed by atoms with van der Waals surface area (Å²) in [5.41, 5.74) is 5.20. The van der Waals surface area contributed by atoms with Crippen molar-refractivity contribution in [1.82, 2.24) is 0 Å². The average molecular weight is 183 g/mol. The predicted octanol–water partition coefficient (Wildman–Crippen LogP) is 1.62. The Labute approximate surface area is 75.3 Å². The second-order valence-corrected chi connectivity index (χ2v) is 2.63. The zero-order valence-corrected chi connectivity index (χ0v) is 7.43. The van der Waals surface area contributed by atoms with Crippen LogP contribution in [0.5, 0.6) is 5.75 Å². The molecule has 0 atom stereocenters. The van der Waals surface area contributed by atoms with Gasteiger partial charge in [0.15, 0.2) is 11.6 Å². The summed E-state index contributed by atoms with van der Waals surface area (Å²) in [6.07, 6.45) is 0. The lowest BCUT2D eigenvalue weighted by Crippen LogP contribution is -2.02. The zero-order valence-electron chi connectivity index (χ0n) is 7.43. The van der Waals surface area contributed by atoms with E-state index in [1.54, 1.807) is 0 Å². The second-order valence-electron chi connectivity index (χ2n) is 2.63. The van der Waals surface area contributed by atoms with Gasteiger partial charge in [-0.15, -0.1) is 0 Å². The molecule has 0 fully saturated rings. The third-order valence-electron chi connectivity index (χ3n) is 1.69. The van der Waals surface area contributed by atoms with Crippen molar-refractivity contribution in [2.75, 3.05) is 12.8 Å². The largest absolute Gasteiger partial charge is 0.497 e. The van der Waals surface area contributed by atoms with Gasteiger partial charge in [-0.3, -0.25) is 4.79 Å². The highest BCUT2D eigenvalue weighted by Gasteiger charge is 2.12. The number of carbonyl (C=O) groups is 1. The van der Waals surface area contributed by atoms with E-state index in [-0.39, 0.29) is 17.0 Å². The first-order valence-corrected chi connectivity index (χ1v) is 3.70. The second kappa shape index (κ2) is 3.43. The van der Waals surface area contributed by atoms with Crippen molar-refractivity contribution in [2.45, 2.75) is 6.92 Å². The van der Waals surface area contributed by atoms with Gasteiger partial charge in [0, 0.05) is 6.07 Å². The van der Waals surface area contributed by atoms with E-state index in [2.05, 4.69) is 0 Å². The minimum Gasteiger partial charge on any atom is -0.497 e. The lowest BCUT2D eigenvalue weighted by atomic mass is 10.1. The highest BCUT2D eigenvalue weighted by atomic mass is 19.1. The molecule has 0 saturated carbocycles. The van der Waals surface area contributed by atoms with Gasteiger partial charge in [0.2, 0.25) is 0 Å². The van der Waals surface area contributed by atoms with Crippen molar-refractivity contribution < 1.29 is 13.9 Å². The highest BCUT2D eigenvalue weighted by molar-refractivity contribution is 5.95. The van der Waals surface area contributed by atoms with Crippen LogP contribution >= 0.6 is 0 Å². The summed E-state index contributed by atoms with van der Waals surface area (Å²) in [5, 5.41) is 0. The minimum absolute atomic E-state index is 0.0446. The maximum Gasteiger partial charge on any atom is 0.162 e. The van der Waals surface area contributed by atoms with Gasteiger partial charge in [-0.05, 0) is 13.0 Å². The molecule has 1 aromatic carbocycles. The number of nitrogen functional groups attached to an aromatic ring is 1. The van der Waals surface area contributed by atoms with Crippen molar-refractivity contribution in [2.24, 2.45) is 0 Å². The fourth-order valence-corrected chi connectivity index (χ4v) is 0.993. The number of carbonyl (C=O) groups excluding carboxylic acids is 1. The molecule has 2 N–H and O–H groups in total. The molecule has 0 aromatic heterocycles. The molecule has 0 heterocycles. The van der Waals surface area contributed by atoms with Gasteiger partial charge in [0.05, 0.1) is 18.4 Å². The molecule has 1 rings (SSSR count). The topological polar surface area (TPSA) is 52.3 Å². The fraction of sp³-hybridized carbons (Fsp3) is 0.222. The first-order chi connectivity index (χ1) is 6.06. The summed E-state index contributed by atoms with van der Waals surface area (Å²) in [5.74, 6) is -0.680. The average Bonchev–Trinajstić information content (AvgIpc) is 2.09. The zero-order chi connectivity index (χ0) is 10.0. The van der Waals surface area contributed by atoms with E-state index in [1.165, 1.54) is 26.2 Å². The summed E-state index contributed by atoms with van der Waals surface area (Å²) in [6, 6.07) is 2.66. The molecule has 4 heteroatoms. The number of hydrogen-bond donors (Lipinski definition) is 1. The van der Waals surface area contributed by atoms with Crippen molar-refractivity contribution >= 4 is 11.5 Å². The summed E-state index contributed by atoms with van der Waals surface area (Å²) in [4.78, 5) is 10.9. The Morgan fingerprint density at radius 3 is 2.62 bits per heavy atom. The number of ketones is 1. The number of benzene rings is 1. The van der Waals surface area contributed by atoms with Crippen molar-refractivity contribution in [3.63, 3.8) is 0 Å². The van der Waals surface area contributed by atoms with Gasteiger partial charge < -0.3 is 10.5 Å². The van der Waals surface area contributed by atoms with Crippen LogP contribution in [0.1, 0.15) is 17.3 Å². The molecule has 0 amide bonds. The number of methoxy groups -OCH3 is 1. The van der Waals surface area contributed by atoms with Gasteiger partial charge in [0.1, 0.15) is 5.75 Å². The molecule has 1 aromatic rings. The number of Topliss-reactive ketones (excluding diaryl/α,β-unsaturated/α-hetero) is 1. The molecule has 0 bridgehead atoms. The Balaban J connectivity index is 3.33. The van der Waals surface area contributed by atoms with Crippen LogP contribution in [0.15, 0.2) is 12.1 Å². The molecule has 0 spiro atoms. The number of anilines is 1. The van der Waals surface area contributed by atoms with Crippen LogP contribution in [-0.4, -0.2) is 12.9 Å². The Morgan fingerprint density at radius 2 is 2.15 bits per heavy atom. The van der Waals surface area contributed by atoms with E-state index in [9.17, 15) is 9.18 Å². The van der Waals surface area contributed by atoms with Crippen molar-refractivity contribution in [1.29, 1.82) is 0 Å². The van der Waals surface area contributed by atoms with Crippen molar-refractivity contribution in [3.8, 4) is 5.75 Å². The molecule has 3 nitrogen and oxygen atoms in total. The number of nitrogens with two attached hydrogens (primary N) is 1. The van der Waals surface area contributed by atoms with Crippen LogP contribution in [0.4, 0.5) is 10.1 Å². The first-order valence-electron chi connectivity index (χ1n) is 3.70. The lowest BCUT2D eigenvalue weighted by molar-refractivity contribution is 0.101. The van der Waals surface area contributed by atoms with E-state index in [0.29, 0.717) is 5.75 Å². The Bertz CT molecular complexity index is 350. The van der Waals surface area contributed by atoms with Crippen LogP contribution in [0, 0.1) is 5.82 Å². The molecule has 0 unspecified atom stereocenters. The Hall–Kier alpha value is -1.58. The van der Waals surface area contributed by atoms with E-state index in [0.717, 1.165) is 0 Å². The molecule has 0 aliphatic carbocycles. The maximum absolute atomic E-state index is 13.2. The molecule has 13 heavy (non-hydrogen) atoms. The van der Waals surface area contributed by atoms with Gasteiger partial charge in [-0.1, -0.05) is 0 Å². The number of ether oxygens (including phenoxy) is 1. The molecule has 0 saturated heterocycles. The maximum atomic E-state index is 13.2. The molecule has 70 valence electrons. The molecule has 0 radical (unpaired) electrons. The summed E-state index contributed by atoms with van der Waals surface area (Å²) in [6.45, 7) is 1.28. The third-order valence-corrected chi connectivity index (χ3v) is 1.69. The quantitative estimate of drug-likeness (QED) is 0.560. The molecule has 0 aliphatic heterocycles. The third kappa shape index (κ3) is 1.77. The highest BCUT2D eigenvalue weighted by Crippen LogP contribution is 2.23. The SMILES string of the molecule is COc1cc(N)c(F)c(C(C)=O)c1. The van der Waals surface area contributed by atoms with E-state index >= 15 is 0 Å². The van der Waals surface area contributed by atoms with Crippen LogP contribution < -0.4 is 10.5 Å². The van der Waals surface area contributed by atoms with Crippen LogP contribution in [0.25, 0.3) is 0 Å². The summed E-state index contributed by atoms with van der Waals surface area (Å²) in [7, 11) is 1.43. The van der Waals surface area contributed by atoms with Gasteiger partial charge in [0.25, 0.3) is 0 Å².